The van der Waals surface area contributed by atoms with Crippen LogP contribution in [0.4, 0.5) is 4.39 Å². The second-order valence-electron chi connectivity index (χ2n) is 4.35. The SMILES string of the molecule is CCNCCCCc1cc(C)c(F)c(C)c1. The molecule has 0 fully saturated rings. The van der Waals surface area contributed by atoms with Crippen LogP contribution in [-0.2, 0) is 6.42 Å². The van der Waals surface area contributed by atoms with E-state index < -0.39 is 0 Å². The molecule has 0 unspecified atom stereocenters. The van der Waals surface area contributed by atoms with Crippen LogP contribution in [0.2, 0.25) is 0 Å². The minimum atomic E-state index is -0.0589. The van der Waals surface area contributed by atoms with Gasteiger partial charge in [-0.15, -0.1) is 0 Å². The fraction of sp³-hybridized carbons (Fsp3) is 0.571. The van der Waals surface area contributed by atoms with Crippen LogP contribution in [0.1, 0.15) is 36.5 Å². The van der Waals surface area contributed by atoms with Crippen molar-refractivity contribution in [1.29, 1.82) is 0 Å². The van der Waals surface area contributed by atoms with E-state index in [-0.39, 0.29) is 5.82 Å². The van der Waals surface area contributed by atoms with E-state index >= 15 is 0 Å². The molecule has 0 spiro atoms. The summed E-state index contributed by atoms with van der Waals surface area (Å²) in [5.74, 6) is -0.0589. The molecular weight excluding hydrogens is 201 g/mol. The van der Waals surface area contributed by atoms with E-state index in [1.807, 2.05) is 26.0 Å². The Kier molecular flexibility index (Phi) is 5.47. The average Bonchev–Trinajstić information content (AvgIpc) is 2.25. The highest BCUT2D eigenvalue weighted by Gasteiger charge is 2.03. The van der Waals surface area contributed by atoms with E-state index in [0.29, 0.717) is 0 Å². The molecule has 1 aromatic carbocycles. The van der Waals surface area contributed by atoms with E-state index in [1.54, 1.807) is 0 Å². The van der Waals surface area contributed by atoms with Crippen molar-refractivity contribution in [3.63, 3.8) is 0 Å². The van der Waals surface area contributed by atoms with Gasteiger partial charge < -0.3 is 5.32 Å². The lowest BCUT2D eigenvalue weighted by atomic mass is 10.0. The highest BCUT2D eigenvalue weighted by Crippen LogP contribution is 2.16. The van der Waals surface area contributed by atoms with Crippen LogP contribution in [0.5, 0.6) is 0 Å². The molecule has 0 amide bonds. The molecule has 0 aliphatic carbocycles. The summed E-state index contributed by atoms with van der Waals surface area (Å²) in [6.07, 6.45) is 3.40. The molecule has 0 aliphatic rings. The summed E-state index contributed by atoms with van der Waals surface area (Å²) in [7, 11) is 0. The number of nitrogens with one attached hydrogen (secondary N) is 1. The van der Waals surface area contributed by atoms with Gasteiger partial charge in [0.05, 0.1) is 0 Å². The number of unbranched alkanes of at least 4 members (excludes halogenated alkanes) is 1. The summed E-state index contributed by atoms with van der Waals surface area (Å²) >= 11 is 0. The number of hydrogen-bond donors (Lipinski definition) is 1. The number of halogens is 1. The Morgan fingerprint density at radius 2 is 1.75 bits per heavy atom. The molecule has 90 valence electrons. The molecule has 0 aliphatic heterocycles. The van der Waals surface area contributed by atoms with Gasteiger partial charge in [-0.05, 0) is 62.9 Å². The first-order valence-electron chi connectivity index (χ1n) is 6.11. The zero-order valence-corrected chi connectivity index (χ0v) is 10.6. The van der Waals surface area contributed by atoms with Gasteiger partial charge >= 0.3 is 0 Å². The lowest BCUT2D eigenvalue weighted by Gasteiger charge is -2.07. The maximum Gasteiger partial charge on any atom is 0.129 e. The van der Waals surface area contributed by atoms with Crippen LogP contribution in [0.3, 0.4) is 0 Å². The first-order chi connectivity index (χ1) is 7.65. The van der Waals surface area contributed by atoms with E-state index in [1.165, 1.54) is 12.0 Å². The lowest BCUT2D eigenvalue weighted by molar-refractivity contribution is 0.606. The number of benzene rings is 1. The Morgan fingerprint density at radius 3 is 2.31 bits per heavy atom. The van der Waals surface area contributed by atoms with Crippen molar-refractivity contribution in [3.8, 4) is 0 Å². The highest BCUT2D eigenvalue weighted by atomic mass is 19.1. The summed E-state index contributed by atoms with van der Waals surface area (Å²) in [6, 6.07) is 3.94. The van der Waals surface area contributed by atoms with Crippen LogP contribution < -0.4 is 5.32 Å². The second kappa shape index (κ2) is 6.64. The van der Waals surface area contributed by atoms with Gasteiger partial charge in [0.25, 0.3) is 0 Å². The molecule has 0 saturated heterocycles. The predicted molar refractivity (Wildman–Crippen MR) is 67.4 cm³/mol. The van der Waals surface area contributed by atoms with E-state index in [2.05, 4.69) is 12.2 Å². The Balaban J connectivity index is 2.43. The molecule has 0 radical (unpaired) electrons. The van der Waals surface area contributed by atoms with Crippen LogP contribution in [0.15, 0.2) is 12.1 Å². The van der Waals surface area contributed by atoms with Crippen molar-refractivity contribution in [2.75, 3.05) is 13.1 Å². The van der Waals surface area contributed by atoms with Crippen molar-refractivity contribution in [3.05, 3.63) is 34.6 Å². The van der Waals surface area contributed by atoms with E-state index in [4.69, 9.17) is 0 Å². The summed E-state index contributed by atoms with van der Waals surface area (Å²) in [6.45, 7) is 7.91. The number of hydrogen-bond acceptors (Lipinski definition) is 1. The summed E-state index contributed by atoms with van der Waals surface area (Å²) in [5, 5.41) is 3.31. The van der Waals surface area contributed by atoms with Gasteiger partial charge in [0.2, 0.25) is 0 Å². The fourth-order valence-corrected chi connectivity index (χ4v) is 1.94. The smallest absolute Gasteiger partial charge is 0.129 e. The molecule has 0 saturated carbocycles. The molecule has 0 atom stereocenters. The Labute approximate surface area is 98.1 Å². The van der Waals surface area contributed by atoms with Gasteiger partial charge in [-0.2, -0.15) is 0 Å². The van der Waals surface area contributed by atoms with Gasteiger partial charge in [-0.25, -0.2) is 4.39 Å². The summed E-state index contributed by atoms with van der Waals surface area (Å²) in [4.78, 5) is 0. The molecule has 0 aromatic heterocycles. The Bertz CT molecular complexity index is 311. The average molecular weight is 223 g/mol. The number of rotatable bonds is 6. The molecule has 2 heteroatoms. The van der Waals surface area contributed by atoms with Crippen molar-refractivity contribution >= 4 is 0 Å². The molecule has 1 rings (SSSR count). The molecule has 1 nitrogen and oxygen atoms in total. The third-order valence-electron chi connectivity index (χ3n) is 2.82. The van der Waals surface area contributed by atoms with Gasteiger partial charge in [0.1, 0.15) is 5.82 Å². The second-order valence-corrected chi connectivity index (χ2v) is 4.35. The first-order valence-corrected chi connectivity index (χ1v) is 6.11. The first kappa shape index (κ1) is 13.2. The minimum Gasteiger partial charge on any atom is -0.317 e. The molecule has 1 aromatic rings. The maximum atomic E-state index is 13.4. The Morgan fingerprint density at radius 1 is 1.12 bits per heavy atom. The summed E-state index contributed by atoms with van der Waals surface area (Å²) < 4.78 is 13.4. The predicted octanol–water partition coefficient (Wildman–Crippen LogP) is 3.37. The van der Waals surface area contributed by atoms with Crippen molar-refractivity contribution in [2.45, 2.75) is 40.0 Å². The third kappa shape index (κ3) is 3.93. The van der Waals surface area contributed by atoms with Crippen LogP contribution in [0.25, 0.3) is 0 Å². The van der Waals surface area contributed by atoms with Gasteiger partial charge in [0.15, 0.2) is 0 Å². The molecule has 16 heavy (non-hydrogen) atoms. The lowest BCUT2D eigenvalue weighted by Crippen LogP contribution is -2.13. The Hall–Kier alpha value is -0.890. The minimum absolute atomic E-state index is 0.0589. The van der Waals surface area contributed by atoms with Crippen LogP contribution in [0, 0.1) is 19.7 Å². The largest absolute Gasteiger partial charge is 0.317 e. The quantitative estimate of drug-likeness (QED) is 0.729. The number of aryl methyl sites for hydroxylation is 3. The standard InChI is InChI=1S/C14H22FN/c1-4-16-8-6-5-7-13-9-11(2)14(15)12(3)10-13/h9-10,16H,4-8H2,1-3H3. The zero-order chi connectivity index (χ0) is 12.0. The van der Waals surface area contributed by atoms with Gasteiger partial charge in [-0.1, -0.05) is 19.1 Å². The van der Waals surface area contributed by atoms with Crippen LogP contribution in [-0.4, -0.2) is 13.1 Å². The van der Waals surface area contributed by atoms with E-state index in [9.17, 15) is 4.39 Å². The fourth-order valence-electron chi connectivity index (χ4n) is 1.94. The van der Waals surface area contributed by atoms with E-state index in [0.717, 1.165) is 37.1 Å². The molecule has 0 heterocycles. The highest BCUT2D eigenvalue weighted by molar-refractivity contribution is 5.30. The normalized spacial score (nSPS) is 10.8. The van der Waals surface area contributed by atoms with Crippen molar-refractivity contribution in [1.82, 2.24) is 5.32 Å². The summed E-state index contributed by atoms with van der Waals surface area (Å²) in [5.41, 5.74) is 2.79. The zero-order valence-electron chi connectivity index (χ0n) is 10.6. The third-order valence-corrected chi connectivity index (χ3v) is 2.82. The van der Waals surface area contributed by atoms with Gasteiger partial charge in [-0.3, -0.25) is 0 Å². The van der Waals surface area contributed by atoms with Gasteiger partial charge in [0, 0.05) is 0 Å². The van der Waals surface area contributed by atoms with Crippen LogP contribution >= 0.6 is 0 Å². The topological polar surface area (TPSA) is 12.0 Å². The monoisotopic (exact) mass is 223 g/mol. The van der Waals surface area contributed by atoms with Crippen molar-refractivity contribution < 1.29 is 4.39 Å². The molecular formula is C14H22FN. The molecule has 1 N–H and O–H groups in total. The maximum absolute atomic E-state index is 13.4. The van der Waals surface area contributed by atoms with Crippen molar-refractivity contribution in [2.24, 2.45) is 0 Å². The molecule has 0 bridgehead atoms.